The number of hydrogen-bond donors (Lipinski definition) is 2. The predicted molar refractivity (Wildman–Crippen MR) is 91.6 cm³/mol. The Morgan fingerprint density at radius 2 is 1.67 bits per heavy atom. The maximum absolute atomic E-state index is 12.0. The Hall–Kier alpha value is -1.51. The lowest BCUT2D eigenvalue weighted by Crippen LogP contribution is -2.13. The van der Waals surface area contributed by atoms with Gasteiger partial charge in [-0.15, -0.1) is 0 Å². The number of aryl methyl sites for hydroxylation is 1. The Morgan fingerprint density at radius 1 is 1.05 bits per heavy atom. The van der Waals surface area contributed by atoms with E-state index in [1.807, 2.05) is 26.0 Å². The standard InChI is InChI=1S/C18H30N2O/c1-4-5-6-7-8-9-10-11-17(21)20-18-14(2)12-13-16(19)15(18)3/h12-13H,4-11,19H2,1-3H3,(H,20,21). The molecule has 0 heterocycles. The molecule has 118 valence electrons. The minimum absolute atomic E-state index is 0.0976. The fourth-order valence-corrected chi connectivity index (χ4v) is 2.50. The van der Waals surface area contributed by atoms with E-state index < -0.39 is 0 Å². The minimum Gasteiger partial charge on any atom is -0.398 e. The number of rotatable bonds is 9. The van der Waals surface area contributed by atoms with Crippen LogP contribution in [0.1, 0.15) is 69.4 Å². The highest BCUT2D eigenvalue weighted by Gasteiger charge is 2.09. The Bertz CT molecular complexity index is 455. The number of nitrogen functional groups attached to an aromatic ring is 1. The number of anilines is 2. The number of hydrogen-bond acceptors (Lipinski definition) is 2. The Balaban J connectivity index is 2.30. The maximum Gasteiger partial charge on any atom is 0.224 e. The van der Waals surface area contributed by atoms with Crippen LogP contribution in [0, 0.1) is 13.8 Å². The Morgan fingerprint density at radius 3 is 2.33 bits per heavy atom. The topological polar surface area (TPSA) is 55.1 Å². The van der Waals surface area contributed by atoms with Gasteiger partial charge >= 0.3 is 0 Å². The summed E-state index contributed by atoms with van der Waals surface area (Å²) in [6.45, 7) is 6.17. The van der Waals surface area contributed by atoms with E-state index >= 15 is 0 Å². The Kier molecular flexibility index (Phi) is 7.88. The number of carbonyl (C=O) groups excluding carboxylic acids is 1. The Labute approximate surface area is 129 Å². The van der Waals surface area contributed by atoms with E-state index in [9.17, 15) is 4.79 Å². The molecule has 21 heavy (non-hydrogen) atoms. The van der Waals surface area contributed by atoms with Crippen LogP contribution in [0.2, 0.25) is 0 Å². The predicted octanol–water partition coefficient (Wildman–Crippen LogP) is 4.96. The molecular formula is C18H30N2O. The van der Waals surface area contributed by atoms with Gasteiger partial charge in [0.2, 0.25) is 5.91 Å². The van der Waals surface area contributed by atoms with Crippen LogP contribution < -0.4 is 11.1 Å². The van der Waals surface area contributed by atoms with Crippen LogP contribution in [0.4, 0.5) is 11.4 Å². The van der Waals surface area contributed by atoms with Crippen molar-refractivity contribution < 1.29 is 4.79 Å². The van der Waals surface area contributed by atoms with Gasteiger partial charge in [0.1, 0.15) is 0 Å². The van der Waals surface area contributed by atoms with Crippen LogP contribution in [0.15, 0.2) is 12.1 Å². The lowest BCUT2D eigenvalue weighted by molar-refractivity contribution is -0.116. The van der Waals surface area contributed by atoms with Gasteiger partial charge in [0, 0.05) is 17.8 Å². The van der Waals surface area contributed by atoms with E-state index in [0.29, 0.717) is 6.42 Å². The molecule has 3 nitrogen and oxygen atoms in total. The SMILES string of the molecule is CCCCCCCCCC(=O)Nc1c(C)ccc(N)c1C. The lowest BCUT2D eigenvalue weighted by Gasteiger charge is -2.13. The van der Waals surface area contributed by atoms with Gasteiger partial charge in [-0.25, -0.2) is 0 Å². The molecule has 0 saturated heterocycles. The zero-order chi connectivity index (χ0) is 15.7. The summed E-state index contributed by atoms with van der Waals surface area (Å²) in [5, 5.41) is 3.01. The molecule has 1 aromatic rings. The van der Waals surface area contributed by atoms with Crippen LogP contribution in [-0.2, 0) is 4.79 Å². The van der Waals surface area contributed by atoms with Gasteiger partial charge in [0.25, 0.3) is 0 Å². The monoisotopic (exact) mass is 290 g/mol. The van der Waals surface area contributed by atoms with Crippen LogP contribution in [0.5, 0.6) is 0 Å². The van der Waals surface area contributed by atoms with Crippen molar-refractivity contribution in [2.24, 2.45) is 0 Å². The molecule has 3 heteroatoms. The molecule has 0 atom stereocenters. The molecule has 3 N–H and O–H groups in total. The average Bonchev–Trinajstić information content (AvgIpc) is 2.47. The lowest BCUT2D eigenvalue weighted by atomic mass is 10.1. The quantitative estimate of drug-likeness (QED) is 0.498. The summed E-state index contributed by atoms with van der Waals surface area (Å²) in [5.41, 5.74) is 9.53. The number of carbonyl (C=O) groups is 1. The fourth-order valence-electron chi connectivity index (χ4n) is 2.50. The number of nitrogens with two attached hydrogens (primary N) is 1. The summed E-state index contributed by atoms with van der Waals surface area (Å²) in [7, 11) is 0. The minimum atomic E-state index is 0.0976. The second kappa shape index (κ2) is 9.43. The van der Waals surface area contributed by atoms with Gasteiger partial charge in [-0.2, -0.15) is 0 Å². The highest BCUT2D eigenvalue weighted by molar-refractivity contribution is 5.93. The largest absolute Gasteiger partial charge is 0.398 e. The van der Waals surface area contributed by atoms with E-state index in [0.717, 1.165) is 35.3 Å². The van der Waals surface area contributed by atoms with Crippen molar-refractivity contribution in [3.8, 4) is 0 Å². The first-order chi connectivity index (χ1) is 10.1. The van der Waals surface area contributed by atoms with Gasteiger partial charge in [-0.3, -0.25) is 4.79 Å². The summed E-state index contributed by atoms with van der Waals surface area (Å²) in [5.74, 6) is 0.0976. The summed E-state index contributed by atoms with van der Waals surface area (Å²) in [6.07, 6.45) is 9.18. The van der Waals surface area contributed by atoms with Gasteiger partial charge in [0.05, 0.1) is 0 Å². The van der Waals surface area contributed by atoms with Gasteiger partial charge in [0.15, 0.2) is 0 Å². The van der Waals surface area contributed by atoms with Crippen LogP contribution in [0.25, 0.3) is 0 Å². The van der Waals surface area contributed by atoms with E-state index in [2.05, 4.69) is 12.2 Å². The molecule has 0 saturated carbocycles. The van der Waals surface area contributed by atoms with Crippen LogP contribution in [0.3, 0.4) is 0 Å². The average molecular weight is 290 g/mol. The zero-order valence-corrected chi connectivity index (χ0v) is 13.8. The molecule has 0 radical (unpaired) electrons. The smallest absolute Gasteiger partial charge is 0.224 e. The first kappa shape index (κ1) is 17.5. The van der Waals surface area contributed by atoms with Crippen LogP contribution in [-0.4, -0.2) is 5.91 Å². The number of nitrogens with one attached hydrogen (secondary N) is 1. The second-order valence-electron chi connectivity index (χ2n) is 5.89. The highest BCUT2D eigenvalue weighted by Crippen LogP contribution is 2.25. The van der Waals surface area contributed by atoms with Crippen molar-refractivity contribution in [3.05, 3.63) is 23.3 Å². The van der Waals surface area contributed by atoms with E-state index in [4.69, 9.17) is 5.73 Å². The van der Waals surface area contributed by atoms with Crippen molar-refractivity contribution in [3.63, 3.8) is 0 Å². The van der Waals surface area contributed by atoms with Gasteiger partial charge in [-0.05, 0) is 37.5 Å². The molecule has 0 aliphatic rings. The fraction of sp³-hybridized carbons (Fsp3) is 0.611. The van der Waals surface area contributed by atoms with Gasteiger partial charge < -0.3 is 11.1 Å². The summed E-state index contributed by atoms with van der Waals surface area (Å²) < 4.78 is 0. The molecule has 0 bridgehead atoms. The normalized spacial score (nSPS) is 10.6. The van der Waals surface area contributed by atoms with Crippen molar-refractivity contribution in [2.75, 3.05) is 11.1 Å². The van der Waals surface area contributed by atoms with Crippen molar-refractivity contribution in [1.82, 2.24) is 0 Å². The van der Waals surface area contributed by atoms with E-state index in [1.54, 1.807) is 0 Å². The molecule has 0 aliphatic heterocycles. The maximum atomic E-state index is 12.0. The van der Waals surface area contributed by atoms with Crippen molar-refractivity contribution >= 4 is 17.3 Å². The second-order valence-corrected chi connectivity index (χ2v) is 5.89. The van der Waals surface area contributed by atoms with Crippen LogP contribution >= 0.6 is 0 Å². The first-order valence-electron chi connectivity index (χ1n) is 8.21. The third-order valence-corrected chi connectivity index (χ3v) is 3.99. The summed E-state index contributed by atoms with van der Waals surface area (Å²) in [6, 6.07) is 3.84. The molecular weight excluding hydrogens is 260 g/mol. The van der Waals surface area contributed by atoms with E-state index in [-0.39, 0.29) is 5.91 Å². The summed E-state index contributed by atoms with van der Waals surface area (Å²) in [4.78, 5) is 12.0. The molecule has 0 unspecified atom stereocenters. The first-order valence-corrected chi connectivity index (χ1v) is 8.21. The zero-order valence-electron chi connectivity index (χ0n) is 13.8. The third kappa shape index (κ3) is 6.19. The highest BCUT2D eigenvalue weighted by atomic mass is 16.1. The number of benzene rings is 1. The molecule has 1 aromatic carbocycles. The van der Waals surface area contributed by atoms with Crippen molar-refractivity contribution in [1.29, 1.82) is 0 Å². The van der Waals surface area contributed by atoms with Crippen molar-refractivity contribution in [2.45, 2.75) is 72.1 Å². The molecule has 0 spiro atoms. The molecule has 0 fully saturated rings. The van der Waals surface area contributed by atoms with E-state index in [1.165, 1.54) is 32.1 Å². The number of amides is 1. The van der Waals surface area contributed by atoms with Gasteiger partial charge in [-0.1, -0.05) is 51.5 Å². The third-order valence-electron chi connectivity index (χ3n) is 3.99. The summed E-state index contributed by atoms with van der Waals surface area (Å²) >= 11 is 0. The number of unbranched alkanes of at least 4 members (excludes halogenated alkanes) is 6. The molecule has 1 amide bonds. The molecule has 0 aliphatic carbocycles. The molecule has 1 rings (SSSR count). The molecule has 0 aromatic heterocycles.